The number of amides is 2. The minimum atomic E-state index is -0.183. The summed E-state index contributed by atoms with van der Waals surface area (Å²) in [6.07, 6.45) is 2.86. The van der Waals surface area contributed by atoms with Crippen LogP contribution in [0.15, 0.2) is 42.6 Å². The first-order chi connectivity index (χ1) is 13.1. The summed E-state index contributed by atoms with van der Waals surface area (Å²) in [5, 5.41) is 2.82. The Balaban J connectivity index is 1.52. The zero-order valence-corrected chi connectivity index (χ0v) is 15.5. The fraction of sp³-hybridized carbons (Fsp3) is 0.350. The number of nitrogens with zero attached hydrogens (tertiary/aromatic N) is 2. The molecule has 0 atom stereocenters. The van der Waals surface area contributed by atoms with Gasteiger partial charge in [0.1, 0.15) is 5.75 Å². The number of piperidine rings is 1. The molecule has 1 aliphatic heterocycles. The highest BCUT2D eigenvalue weighted by Crippen LogP contribution is 2.23. The third kappa shape index (κ3) is 4.55. The molecule has 0 bridgehead atoms. The average molecular weight is 369 g/mol. The van der Waals surface area contributed by atoms with Crippen LogP contribution in [0.25, 0.3) is 0 Å². The van der Waals surface area contributed by atoms with Gasteiger partial charge in [-0.2, -0.15) is 0 Å². The number of ketones is 1. The molecule has 0 radical (unpaired) electrons. The van der Waals surface area contributed by atoms with E-state index >= 15 is 0 Å². The van der Waals surface area contributed by atoms with Gasteiger partial charge in [0.2, 0.25) is 5.88 Å². The van der Waals surface area contributed by atoms with Crippen molar-refractivity contribution in [2.45, 2.75) is 12.8 Å². The lowest BCUT2D eigenvalue weighted by Crippen LogP contribution is -2.42. The number of likely N-dealkylation sites (tertiary alicyclic amines) is 1. The number of carbonyl (C=O) groups excluding carboxylic acids is 2. The van der Waals surface area contributed by atoms with Crippen LogP contribution in [0, 0.1) is 5.92 Å². The molecule has 2 amide bonds. The summed E-state index contributed by atoms with van der Waals surface area (Å²) in [5.41, 5.74) is 1.29. The number of benzene rings is 1. The molecule has 2 aromatic rings. The molecule has 0 aliphatic carbocycles. The molecule has 1 fully saturated rings. The summed E-state index contributed by atoms with van der Waals surface area (Å²) in [4.78, 5) is 30.8. The number of pyridine rings is 1. The molecule has 7 heteroatoms. The third-order valence-electron chi connectivity index (χ3n) is 4.72. The van der Waals surface area contributed by atoms with Gasteiger partial charge in [-0.25, -0.2) is 9.78 Å². The highest BCUT2D eigenvalue weighted by Gasteiger charge is 2.28. The number of Topliss-reactive ketones (excluding diaryl/α,β-unsaturated/α-hetero) is 1. The van der Waals surface area contributed by atoms with Crippen molar-refractivity contribution in [2.24, 2.45) is 5.92 Å². The lowest BCUT2D eigenvalue weighted by atomic mass is 9.89. The molecule has 3 rings (SSSR count). The number of anilines is 1. The molecule has 1 aromatic heterocycles. The molecule has 1 aliphatic rings. The highest BCUT2D eigenvalue weighted by atomic mass is 16.5. The molecule has 1 saturated heterocycles. The fourth-order valence-corrected chi connectivity index (χ4v) is 3.11. The number of nitrogens with one attached hydrogen (secondary N) is 1. The maximum absolute atomic E-state index is 12.6. The Morgan fingerprint density at radius 2 is 1.74 bits per heavy atom. The van der Waals surface area contributed by atoms with E-state index in [0.29, 0.717) is 43.1 Å². The van der Waals surface area contributed by atoms with E-state index in [4.69, 9.17) is 9.47 Å². The first-order valence-corrected chi connectivity index (χ1v) is 8.85. The van der Waals surface area contributed by atoms with Crippen molar-refractivity contribution in [1.29, 1.82) is 0 Å². The number of ether oxygens (including phenoxy) is 2. The molecular formula is C20H23N3O4. The lowest BCUT2D eigenvalue weighted by molar-refractivity contribution is 0.0859. The van der Waals surface area contributed by atoms with Gasteiger partial charge in [-0.1, -0.05) is 0 Å². The molecule has 1 aromatic carbocycles. The van der Waals surface area contributed by atoms with Gasteiger partial charge < -0.3 is 19.7 Å². The van der Waals surface area contributed by atoms with E-state index in [1.54, 1.807) is 54.6 Å². The fourth-order valence-electron chi connectivity index (χ4n) is 3.11. The number of hydrogen-bond donors (Lipinski definition) is 1. The number of rotatable bonds is 5. The molecule has 27 heavy (non-hydrogen) atoms. The van der Waals surface area contributed by atoms with Crippen molar-refractivity contribution in [3.63, 3.8) is 0 Å². The van der Waals surface area contributed by atoms with Crippen molar-refractivity contribution in [3.8, 4) is 11.6 Å². The summed E-state index contributed by atoms with van der Waals surface area (Å²) in [6, 6.07) is 10.4. The smallest absolute Gasteiger partial charge is 0.321 e. The highest BCUT2D eigenvalue weighted by molar-refractivity contribution is 5.98. The topological polar surface area (TPSA) is 80.8 Å². The first-order valence-electron chi connectivity index (χ1n) is 8.85. The molecule has 0 saturated carbocycles. The quantitative estimate of drug-likeness (QED) is 0.819. The van der Waals surface area contributed by atoms with E-state index in [-0.39, 0.29) is 17.7 Å². The Morgan fingerprint density at radius 1 is 1.04 bits per heavy atom. The maximum Gasteiger partial charge on any atom is 0.321 e. The Kier molecular flexibility index (Phi) is 5.90. The van der Waals surface area contributed by atoms with Crippen molar-refractivity contribution in [2.75, 3.05) is 32.6 Å². The normalized spacial score (nSPS) is 14.5. The molecule has 7 nitrogen and oxygen atoms in total. The Bertz CT molecular complexity index is 782. The van der Waals surface area contributed by atoms with Crippen LogP contribution in [0.1, 0.15) is 23.2 Å². The molecular weight excluding hydrogens is 346 g/mol. The molecule has 142 valence electrons. The van der Waals surface area contributed by atoms with Gasteiger partial charge in [-0.05, 0) is 43.2 Å². The van der Waals surface area contributed by atoms with Crippen LogP contribution in [0.5, 0.6) is 11.6 Å². The maximum atomic E-state index is 12.6. The van der Waals surface area contributed by atoms with Gasteiger partial charge in [0.05, 0.1) is 26.1 Å². The van der Waals surface area contributed by atoms with Crippen LogP contribution in [-0.2, 0) is 0 Å². The second-order valence-corrected chi connectivity index (χ2v) is 6.37. The van der Waals surface area contributed by atoms with Crippen molar-refractivity contribution in [3.05, 3.63) is 48.2 Å². The van der Waals surface area contributed by atoms with Crippen LogP contribution >= 0.6 is 0 Å². The van der Waals surface area contributed by atoms with Crippen molar-refractivity contribution >= 4 is 17.5 Å². The molecule has 0 spiro atoms. The van der Waals surface area contributed by atoms with Gasteiger partial charge in [0.15, 0.2) is 5.78 Å². The van der Waals surface area contributed by atoms with Gasteiger partial charge in [0.25, 0.3) is 0 Å². The van der Waals surface area contributed by atoms with E-state index < -0.39 is 0 Å². The largest absolute Gasteiger partial charge is 0.497 e. The number of urea groups is 1. The Morgan fingerprint density at radius 3 is 2.30 bits per heavy atom. The van der Waals surface area contributed by atoms with Gasteiger partial charge in [0, 0.05) is 30.6 Å². The number of hydrogen-bond acceptors (Lipinski definition) is 5. The van der Waals surface area contributed by atoms with E-state index in [1.807, 2.05) is 0 Å². The number of carbonyl (C=O) groups is 2. The van der Waals surface area contributed by atoms with E-state index in [2.05, 4.69) is 10.3 Å². The van der Waals surface area contributed by atoms with Gasteiger partial charge in [-0.15, -0.1) is 0 Å². The van der Waals surface area contributed by atoms with E-state index in [0.717, 1.165) is 5.75 Å². The summed E-state index contributed by atoms with van der Waals surface area (Å²) < 4.78 is 10.1. The SMILES string of the molecule is COc1ccc(C(=O)C2CCN(C(=O)Nc3ccc(OC)nc3)CC2)cc1. The van der Waals surface area contributed by atoms with E-state index in [1.165, 1.54) is 7.11 Å². The predicted octanol–water partition coefficient (Wildman–Crippen LogP) is 3.23. The van der Waals surface area contributed by atoms with Gasteiger partial charge >= 0.3 is 6.03 Å². The summed E-state index contributed by atoms with van der Waals surface area (Å²) in [7, 11) is 3.14. The first kappa shape index (κ1) is 18.7. The minimum Gasteiger partial charge on any atom is -0.497 e. The minimum absolute atomic E-state index is 0.0647. The summed E-state index contributed by atoms with van der Waals surface area (Å²) >= 11 is 0. The summed E-state index contributed by atoms with van der Waals surface area (Å²) in [6.45, 7) is 1.09. The number of methoxy groups -OCH3 is 2. The predicted molar refractivity (Wildman–Crippen MR) is 101 cm³/mol. The lowest BCUT2D eigenvalue weighted by Gasteiger charge is -2.31. The van der Waals surface area contributed by atoms with Crippen LogP contribution in [0.4, 0.5) is 10.5 Å². The second-order valence-electron chi connectivity index (χ2n) is 6.37. The average Bonchev–Trinajstić information content (AvgIpc) is 2.74. The second kappa shape index (κ2) is 8.53. The van der Waals surface area contributed by atoms with Crippen molar-refractivity contribution in [1.82, 2.24) is 9.88 Å². The standard InChI is InChI=1S/C20H23N3O4/c1-26-17-6-3-14(4-7-17)19(24)15-9-11-23(12-10-15)20(25)22-16-5-8-18(27-2)21-13-16/h3-8,13,15H,9-12H2,1-2H3,(H,22,25). The molecule has 0 unspecified atom stereocenters. The van der Waals surface area contributed by atoms with Crippen LogP contribution < -0.4 is 14.8 Å². The zero-order valence-electron chi connectivity index (χ0n) is 15.5. The molecule has 2 heterocycles. The monoisotopic (exact) mass is 369 g/mol. The van der Waals surface area contributed by atoms with Crippen LogP contribution in [0.3, 0.4) is 0 Å². The summed E-state index contributed by atoms with van der Waals surface area (Å²) in [5.74, 6) is 1.28. The van der Waals surface area contributed by atoms with Crippen LogP contribution in [-0.4, -0.2) is 49.0 Å². The van der Waals surface area contributed by atoms with Gasteiger partial charge in [-0.3, -0.25) is 4.79 Å². The zero-order chi connectivity index (χ0) is 19.2. The third-order valence-corrected chi connectivity index (χ3v) is 4.72. The Labute approximate surface area is 158 Å². The molecule has 1 N–H and O–H groups in total. The van der Waals surface area contributed by atoms with E-state index in [9.17, 15) is 9.59 Å². The van der Waals surface area contributed by atoms with Crippen molar-refractivity contribution < 1.29 is 19.1 Å². The number of aromatic nitrogens is 1. The van der Waals surface area contributed by atoms with Crippen LogP contribution in [0.2, 0.25) is 0 Å². The Hall–Kier alpha value is -3.09.